The van der Waals surface area contributed by atoms with E-state index >= 15 is 0 Å². The monoisotopic (exact) mass is 460 g/mol. The van der Waals surface area contributed by atoms with Crippen LogP contribution in [0.25, 0.3) is 10.8 Å². The second-order valence-corrected chi connectivity index (χ2v) is 8.38. The van der Waals surface area contributed by atoms with Crippen molar-refractivity contribution in [1.82, 2.24) is 9.88 Å². The molecule has 0 spiro atoms. The number of aromatic nitrogens is 1. The molecule has 0 aliphatic heterocycles. The molecule has 0 saturated heterocycles. The van der Waals surface area contributed by atoms with Crippen LogP contribution in [-0.4, -0.2) is 15.6 Å². The number of carbonyl (C=O) groups excluding carboxylic acids is 1. The van der Waals surface area contributed by atoms with Crippen LogP contribution in [0.5, 0.6) is 5.75 Å². The van der Waals surface area contributed by atoms with E-state index in [9.17, 15) is 14.7 Å². The minimum Gasteiger partial charge on any atom is -0.508 e. The normalized spacial score (nSPS) is 11.8. The Labute approximate surface area is 202 Å². The number of hydrogen-bond donors (Lipinski definition) is 2. The van der Waals surface area contributed by atoms with E-state index in [-0.39, 0.29) is 16.9 Å². The molecule has 5 aromatic rings. The third kappa shape index (κ3) is 4.57. The van der Waals surface area contributed by atoms with Gasteiger partial charge < -0.3 is 15.0 Å². The maximum Gasteiger partial charge on any atom is 0.263 e. The average Bonchev–Trinajstić information content (AvgIpc) is 2.90. The lowest BCUT2D eigenvalue weighted by molar-refractivity contribution is 0.0941. The molecule has 1 unspecified atom stereocenters. The number of phenols is 1. The Morgan fingerprint density at radius 2 is 1.49 bits per heavy atom. The van der Waals surface area contributed by atoms with Gasteiger partial charge in [-0.1, -0.05) is 91.0 Å². The second-order valence-electron chi connectivity index (χ2n) is 8.38. The molecule has 1 atom stereocenters. The van der Waals surface area contributed by atoms with Gasteiger partial charge in [0.15, 0.2) is 0 Å². The van der Waals surface area contributed by atoms with Crippen LogP contribution in [0.15, 0.2) is 120 Å². The third-order valence-electron chi connectivity index (χ3n) is 6.11. The van der Waals surface area contributed by atoms with Crippen LogP contribution in [0.4, 0.5) is 0 Å². The Morgan fingerprint density at radius 3 is 2.26 bits per heavy atom. The summed E-state index contributed by atoms with van der Waals surface area (Å²) in [6, 6.07) is 32.8. The van der Waals surface area contributed by atoms with E-state index in [2.05, 4.69) is 5.32 Å². The lowest BCUT2D eigenvalue weighted by atomic mass is 9.92. The van der Waals surface area contributed by atoms with Crippen molar-refractivity contribution in [2.75, 3.05) is 0 Å². The SMILES string of the molecule is O=C(NC(c1ccccc1)c1c(O)ccc2ccccc12)c1cccn(Cc2ccccc2)c1=O. The van der Waals surface area contributed by atoms with Crippen LogP contribution in [0.3, 0.4) is 0 Å². The summed E-state index contributed by atoms with van der Waals surface area (Å²) in [4.78, 5) is 26.7. The van der Waals surface area contributed by atoms with E-state index in [1.54, 1.807) is 18.3 Å². The van der Waals surface area contributed by atoms with E-state index in [0.29, 0.717) is 12.1 Å². The molecule has 5 heteroatoms. The maximum atomic E-state index is 13.5. The molecule has 0 saturated carbocycles. The van der Waals surface area contributed by atoms with Gasteiger partial charge in [0.2, 0.25) is 0 Å². The summed E-state index contributed by atoms with van der Waals surface area (Å²) in [6.45, 7) is 0.368. The summed E-state index contributed by atoms with van der Waals surface area (Å²) in [7, 11) is 0. The molecule has 0 fully saturated rings. The number of fused-ring (bicyclic) bond motifs is 1. The molecule has 2 N–H and O–H groups in total. The van der Waals surface area contributed by atoms with Crippen molar-refractivity contribution in [3.63, 3.8) is 0 Å². The summed E-state index contributed by atoms with van der Waals surface area (Å²) in [5.41, 5.74) is 2.03. The molecule has 0 bridgehead atoms. The lowest BCUT2D eigenvalue weighted by Crippen LogP contribution is -2.35. The Balaban J connectivity index is 1.55. The Morgan fingerprint density at radius 1 is 0.800 bits per heavy atom. The van der Waals surface area contributed by atoms with Gasteiger partial charge in [0, 0.05) is 11.8 Å². The van der Waals surface area contributed by atoms with Crippen LogP contribution in [0, 0.1) is 0 Å². The first kappa shape index (κ1) is 22.2. The summed E-state index contributed by atoms with van der Waals surface area (Å²) in [5, 5.41) is 15.7. The largest absolute Gasteiger partial charge is 0.508 e. The first-order chi connectivity index (χ1) is 17.1. The van der Waals surface area contributed by atoms with Gasteiger partial charge in [-0.15, -0.1) is 0 Å². The van der Waals surface area contributed by atoms with Crippen LogP contribution < -0.4 is 10.9 Å². The molecule has 5 rings (SSSR count). The highest BCUT2D eigenvalue weighted by atomic mass is 16.3. The predicted octanol–water partition coefficient (Wildman–Crippen LogP) is 5.27. The molecule has 1 aromatic heterocycles. The van der Waals surface area contributed by atoms with Gasteiger partial charge in [-0.3, -0.25) is 9.59 Å². The van der Waals surface area contributed by atoms with Gasteiger partial charge in [0.1, 0.15) is 11.3 Å². The zero-order chi connectivity index (χ0) is 24.2. The smallest absolute Gasteiger partial charge is 0.263 e. The van der Waals surface area contributed by atoms with Gasteiger partial charge in [-0.2, -0.15) is 0 Å². The van der Waals surface area contributed by atoms with Crippen LogP contribution >= 0.6 is 0 Å². The molecule has 5 nitrogen and oxygen atoms in total. The highest BCUT2D eigenvalue weighted by molar-refractivity contribution is 5.95. The third-order valence-corrected chi connectivity index (χ3v) is 6.11. The van der Waals surface area contributed by atoms with E-state index in [1.807, 2.05) is 91.0 Å². The van der Waals surface area contributed by atoms with Gasteiger partial charge >= 0.3 is 0 Å². The lowest BCUT2D eigenvalue weighted by Gasteiger charge is -2.22. The number of carbonyl (C=O) groups is 1. The van der Waals surface area contributed by atoms with E-state index in [4.69, 9.17) is 0 Å². The number of nitrogens with one attached hydrogen (secondary N) is 1. The highest BCUT2D eigenvalue weighted by Crippen LogP contribution is 2.35. The van der Waals surface area contributed by atoms with Gasteiger partial charge in [-0.05, 0) is 40.1 Å². The van der Waals surface area contributed by atoms with Crippen LogP contribution in [0.2, 0.25) is 0 Å². The minimum atomic E-state index is -0.656. The van der Waals surface area contributed by atoms with Gasteiger partial charge in [0.05, 0.1) is 12.6 Å². The quantitative estimate of drug-likeness (QED) is 0.362. The first-order valence-electron chi connectivity index (χ1n) is 11.4. The molecule has 35 heavy (non-hydrogen) atoms. The molecule has 0 aliphatic rings. The molecular weight excluding hydrogens is 436 g/mol. The van der Waals surface area contributed by atoms with E-state index < -0.39 is 11.9 Å². The van der Waals surface area contributed by atoms with E-state index in [0.717, 1.165) is 21.9 Å². The van der Waals surface area contributed by atoms with Crippen molar-refractivity contribution in [3.8, 4) is 5.75 Å². The predicted molar refractivity (Wildman–Crippen MR) is 138 cm³/mol. The standard InChI is InChI=1S/C30H24N2O3/c33-26-18-17-22-12-7-8-15-24(22)27(26)28(23-13-5-2-6-14-23)31-29(34)25-16-9-19-32(30(25)35)20-21-10-3-1-4-11-21/h1-19,28,33H,20H2,(H,31,34). The molecule has 0 radical (unpaired) electrons. The summed E-state index contributed by atoms with van der Waals surface area (Å²) >= 11 is 0. The highest BCUT2D eigenvalue weighted by Gasteiger charge is 2.24. The molecule has 0 aliphatic carbocycles. The summed E-state index contributed by atoms with van der Waals surface area (Å²) < 4.78 is 1.52. The van der Waals surface area contributed by atoms with Gasteiger partial charge in [-0.25, -0.2) is 0 Å². The van der Waals surface area contributed by atoms with Gasteiger partial charge in [0.25, 0.3) is 11.5 Å². The fraction of sp³-hybridized carbons (Fsp3) is 0.0667. The Hall–Kier alpha value is -4.64. The number of rotatable bonds is 6. The van der Waals surface area contributed by atoms with Crippen LogP contribution in [-0.2, 0) is 6.54 Å². The molecule has 4 aromatic carbocycles. The topological polar surface area (TPSA) is 71.3 Å². The fourth-order valence-electron chi connectivity index (χ4n) is 4.38. The number of amides is 1. The molecular formula is C30H24N2O3. The van der Waals surface area contributed by atoms with Crippen molar-refractivity contribution in [3.05, 3.63) is 148 Å². The average molecular weight is 461 g/mol. The maximum absolute atomic E-state index is 13.5. The number of benzene rings is 4. The van der Waals surface area contributed by atoms with Crippen molar-refractivity contribution in [2.24, 2.45) is 0 Å². The number of hydrogen-bond acceptors (Lipinski definition) is 3. The van der Waals surface area contributed by atoms with E-state index in [1.165, 1.54) is 10.6 Å². The number of phenolic OH excluding ortho intramolecular Hbond substituents is 1. The number of pyridine rings is 1. The van der Waals surface area contributed by atoms with Crippen molar-refractivity contribution in [2.45, 2.75) is 12.6 Å². The molecule has 1 heterocycles. The Kier molecular flexibility index (Phi) is 6.14. The number of aromatic hydroxyl groups is 1. The number of nitrogens with zero attached hydrogens (tertiary/aromatic N) is 1. The molecule has 1 amide bonds. The molecule has 172 valence electrons. The minimum absolute atomic E-state index is 0.0455. The second kappa shape index (κ2) is 9.69. The zero-order valence-corrected chi connectivity index (χ0v) is 19.0. The van der Waals surface area contributed by atoms with Crippen molar-refractivity contribution < 1.29 is 9.90 Å². The zero-order valence-electron chi connectivity index (χ0n) is 19.0. The summed E-state index contributed by atoms with van der Waals surface area (Å²) in [6.07, 6.45) is 1.68. The van der Waals surface area contributed by atoms with Crippen molar-refractivity contribution in [1.29, 1.82) is 0 Å². The fourth-order valence-corrected chi connectivity index (χ4v) is 4.38. The van der Waals surface area contributed by atoms with Crippen LogP contribution in [0.1, 0.15) is 33.1 Å². The Bertz CT molecular complexity index is 1540. The summed E-state index contributed by atoms with van der Waals surface area (Å²) in [5.74, 6) is -0.425. The first-order valence-corrected chi connectivity index (χ1v) is 11.4. The van der Waals surface area contributed by atoms with Crippen molar-refractivity contribution >= 4 is 16.7 Å².